The summed E-state index contributed by atoms with van der Waals surface area (Å²) in [6, 6.07) is 0. The van der Waals surface area contributed by atoms with E-state index in [0.29, 0.717) is 13.2 Å². The van der Waals surface area contributed by atoms with Crippen molar-refractivity contribution in [2.45, 2.75) is 39.8 Å². The van der Waals surface area contributed by atoms with E-state index in [1.807, 2.05) is 20.8 Å². The van der Waals surface area contributed by atoms with E-state index in [-0.39, 0.29) is 4.38 Å². The second-order valence-electron chi connectivity index (χ2n) is 4.52. The van der Waals surface area contributed by atoms with Gasteiger partial charge in [0.25, 0.3) is 0 Å². The number of hydrogen-bond donors (Lipinski definition) is 1. The van der Waals surface area contributed by atoms with Crippen molar-refractivity contribution in [3.8, 4) is 5.75 Å². The summed E-state index contributed by atoms with van der Waals surface area (Å²) >= 11 is 8.70. The predicted molar refractivity (Wildman–Crippen MR) is 74.8 cm³/mol. The molecule has 1 aliphatic rings. The van der Waals surface area contributed by atoms with E-state index in [4.69, 9.17) is 26.4 Å². The molecule has 0 bridgehead atoms. The van der Waals surface area contributed by atoms with Crippen LogP contribution in [0.5, 0.6) is 5.75 Å². The van der Waals surface area contributed by atoms with Crippen molar-refractivity contribution in [2.24, 2.45) is 0 Å². The highest BCUT2D eigenvalue weighted by Crippen LogP contribution is 2.35. The Bertz CT molecular complexity index is 488. The third-order valence-electron chi connectivity index (χ3n) is 2.67. The predicted octanol–water partition coefficient (Wildman–Crippen LogP) is 2.77. The van der Waals surface area contributed by atoms with Crippen LogP contribution in [0.1, 0.15) is 30.7 Å². The molecule has 0 fully saturated rings. The quantitative estimate of drug-likeness (QED) is 0.668. The van der Waals surface area contributed by atoms with E-state index in [1.165, 1.54) is 0 Å². The zero-order valence-electron chi connectivity index (χ0n) is 10.5. The molecule has 0 radical (unpaired) electrons. The molecule has 0 amide bonds. The number of thiocarbonyl (C=S) groups is 1. The minimum absolute atomic E-state index is 0.210. The lowest BCUT2D eigenvalue weighted by Crippen LogP contribution is -2.36. The molecule has 2 rings (SSSR count). The van der Waals surface area contributed by atoms with Gasteiger partial charge in [-0.1, -0.05) is 12.6 Å². The van der Waals surface area contributed by atoms with Crippen molar-refractivity contribution in [3.63, 3.8) is 0 Å². The van der Waals surface area contributed by atoms with E-state index in [2.05, 4.69) is 17.6 Å². The molecule has 0 saturated heterocycles. The highest BCUT2D eigenvalue weighted by atomic mass is 32.1. The first-order valence-electron chi connectivity index (χ1n) is 5.55. The second kappa shape index (κ2) is 5.03. The van der Waals surface area contributed by atoms with Gasteiger partial charge >= 0.3 is 0 Å². The molecule has 0 saturated carbocycles. The maximum absolute atomic E-state index is 5.81. The number of pyridine rings is 1. The number of ether oxygens (including phenoxy) is 3. The van der Waals surface area contributed by atoms with Gasteiger partial charge in [0.15, 0.2) is 0 Å². The summed E-state index contributed by atoms with van der Waals surface area (Å²) in [6.45, 7) is 6.46. The molecule has 18 heavy (non-hydrogen) atoms. The SMILES string of the molecule is Cc1ncc(COC(=S)S)c2c1OC(C)(C)OC2. The lowest BCUT2D eigenvalue weighted by molar-refractivity contribution is -0.181. The van der Waals surface area contributed by atoms with Crippen LogP contribution in [0.3, 0.4) is 0 Å². The van der Waals surface area contributed by atoms with Gasteiger partial charge in [-0.05, 0) is 19.1 Å². The molecular weight excluding hydrogens is 270 g/mol. The van der Waals surface area contributed by atoms with Gasteiger partial charge in [-0.25, -0.2) is 0 Å². The topological polar surface area (TPSA) is 40.6 Å². The summed E-state index contributed by atoms with van der Waals surface area (Å²) < 4.78 is 16.9. The zero-order chi connectivity index (χ0) is 13.3. The Kier molecular flexibility index (Phi) is 3.79. The van der Waals surface area contributed by atoms with Crippen LogP contribution in [0.15, 0.2) is 6.20 Å². The number of hydrogen-bond acceptors (Lipinski definition) is 5. The van der Waals surface area contributed by atoms with Crippen LogP contribution in [-0.2, 0) is 22.7 Å². The van der Waals surface area contributed by atoms with Crippen LogP contribution in [0.25, 0.3) is 0 Å². The third-order valence-corrected chi connectivity index (χ3v) is 2.91. The van der Waals surface area contributed by atoms with Crippen molar-refractivity contribution in [1.82, 2.24) is 4.98 Å². The maximum Gasteiger partial charge on any atom is 0.217 e. The van der Waals surface area contributed by atoms with Crippen LogP contribution >= 0.6 is 24.8 Å². The molecular formula is C12H15NO3S2. The maximum atomic E-state index is 5.81. The molecule has 0 unspecified atom stereocenters. The van der Waals surface area contributed by atoms with Gasteiger partial charge in [0, 0.05) is 31.2 Å². The van der Waals surface area contributed by atoms with Crippen molar-refractivity contribution < 1.29 is 14.2 Å². The van der Waals surface area contributed by atoms with Crippen molar-refractivity contribution >= 4 is 29.2 Å². The van der Waals surface area contributed by atoms with Crippen molar-refractivity contribution in [2.75, 3.05) is 0 Å². The second-order valence-corrected chi connectivity index (χ2v) is 5.60. The average molecular weight is 285 g/mol. The van der Waals surface area contributed by atoms with Crippen LogP contribution in [0, 0.1) is 6.92 Å². The minimum atomic E-state index is -0.627. The van der Waals surface area contributed by atoms with Gasteiger partial charge in [-0.2, -0.15) is 0 Å². The zero-order valence-corrected chi connectivity index (χ0v) is 12.2. The standard InChI is InChI=1S/C12H15NO3S2/c1-7-10-9(6-15-12(2,3)16-10)8(4-13-7)5-14-11(17)18/h4H,5-6H2,1-3H3,(H,17,18). The third kappa shape index (κ3) is 2.93. The number of nitrogens with zero attached hydrogens (tertiary/aromatic N) is 1. The fourth-order valence-electron chi connectivity index (χ4n) is 1.75. The molecule has 0 spiro atoms. The van der Waals surface area contributed by atoms with Crippen LogP contribution in [-0.4, -0.2) is 15.2 Å². The molecule has 1 aliphatic heterocycles. The first-order chi connectivity index (χ1) is 8.39. The average Bonchev–Trinajstić information content (AvgIpc) is 2.28. The lowest BCUT2D eigenvalue weighted by atomic mass is 10.1. The monoisotopic (exact) mass is 285 g/mol. The van der Waals surface area contributed by atoms with Crippen LogP contribution < -0.4 is 4.74 Å². The van der Waals surface area contributed by atoms with E-state index in [1.54, 1.807) is 6.20 Å². The van der Waals surface area contributed by atoms with Crippen LogP contribution in [0.2, 0.25) is 0 Å². The van der Waals surface area contributed by atoms with Gasteiger partial charge in [0.05, 0.1) is 12.3 Å². The van der Waals surface area contributed by atoms with E-state index >= 15 is 0 Å². The van der Waals surface area contributed by atoms with Gasteiger partial charge in [0.1, 0.15) is 12.4 Å². The Hall–Kier alpha value is -0.850. The molecule has 6 heteroatoms. The largest absolute Gasteiger partial charge is 0.474 e. The highest BCUT2D eigenvalue weighted by Gasteiger charge is 2.30. The molecule has 0 aromatic carbocycles. The summed E-state index contributed by atoms with van der Waals surface area (Å²) in [4.78, 5) is 4.31. The van der Waals surface area contributed by atoms with E-state index in [9.17, 15) is 0 Å². The fourth-order valence-corrected chi connectivity index (χ4v) is 1.88. The molecule has 0 N–H and O–H groups in total. The van der Waals surface area contributed by atoms with Crippen molar-refractivity contribution in [3.05, 3.63) is 23.0 Å². The molecule has 1 aromatic heterocycles. The molecule has 4 nitrogen and oxygen atoms in total. The summed E-state index contributed by atoms with van der Waals surface area (Å²) in [7, 11) is 0. The fraction of sp³-hybridized carbons (Fsp3) is 0.500. The summed E-state index contributed by atoms with van der Waals surface area (Å²) in [5.74, 6) is 0.148. The molecule has 1 aromatic rings. The number of aryl methyl sites for hydroxylation is 1. The first kappa shape index (κ1) is 13.6. The van der Waals surface area contributed by atoms with Gasteiger partial charge in [-0.3, -0.25) is 4.98 Å². The smallest absolute Gasteiger partial charge is 0.217 e. The number of fused-ring (bicyclic) bond motifs is 1. The van der Waals surface area contributed by atoms with E-state index in [0.717, 1.165) is 22.6 Å². The molecule has 2 heterocycles. The lowest BCUT2D eigenvalue weighted by Gasteiger charge is -2.34. The van der Waals surface area contributed by atoms with Crippen LogP contribution in [0.4, 0.5) is 0 Å². The number of aromatic nitrogens is 1. The van der Waals surface area contributed by atoms with Gasteiger partial charge in [0.2, 0.25) is 10.2 Å². The van der Waals surface area contributed by atoms with Gasteiger partial charge in [-0.15, -0.1) is 0 Å². The molecule has 0 atom stereocenters. The normalized spacial score (nSPS) is 16.7. The molecule has 0 aliphatic carbocycles. The Morgan fingerprint density at radius 3 is 3.00 bits per heavy atom. The Morgan fingerprint density at radius 1 is 1.61 bits per heavy atom. The summed E-state index contributed by atoms with van der Waals surface area (Å²) in [5.41, 5.74) is 2.72. The first-order valence-corrected chi connectivity index (χ1v) is 6.40. The number of thiol groups is 1. The molecule has 98 valence electrons. The van der Waals surface area contributed by atoms with Gasteiger partial charge < -0.3 is 14.2 Å². The van der Waals surface area contributed by atoms with Crippen molar-refractivity contribution in [1.29, 1.82) is 0 Å². The Morgan fingerprint density at radius 2 is 2.33 bits per heavy atom. The Labute approximate surface area is 117 Å². The highest BCUT2D eigenvalue weighted by molar-refractivity contribution is 8.10. The summed E-state index contributed by atoms with van der Waals surface area (Å²) in [6.07, 6.45) is 1.76. The summed E-state index contributed by atoms with van der Waals surface area (Å²) in [5, 5.41) is 0. The van der Waals surface area contributed by atoms with E-state index < -0.39 is 5.79 Å². The number of rotatable bonds is 2. The Balaban J connectivity index is 2.32. The minimum Gasteiger partial charge on any atom is -0.474 e.